The standard InChI is InChI=1S/C33H43F2N7O2/c1-32(2,3)40-8-6-39(7-9-40)23-4-5-28(37-19-23)41-10-11-42(27-15-25(35)24(34)14-26(27)41)31(44)38-29-21-12-20-13-22(29)18-33(16-20,17-21)30(36)43/h4-5,14-15,19-22,29H,6-13,16-18H2,1-3H3,(H2,36,43)(H,38,44). The fourth-order valence-corrected chi connectivity index (χ4v) is 8.99. The third-order valence-electron chi connectivity index (χ3n) is 11.1. The Balaban J connectivity index is 1.08. The molecule has 2 aromatic rings. The number of carbonyl (C=O) groups is 2. The number of rotatable bonds is 4. The lowest BCUT2D eigenvalue weighted by Crippen LogP contribution is -2.63. The summed E-state index contributed by atoms with van der Waals surface area (Å²) < 4.78 is 29.3. The highest BCUT2D eigenvalue weighted by molar-refractivity contribution is 5.98. The Morgan fingerprint density at radius 3 is 2.18 bits per heavy atom. The number of nitrogens with zero attached hydrogens (tertiary/aromatic N) is 5. The second-order valence-electron chi connectivity index (χ2n) is 14.7. The summed E-state index contributed by atoms with van der Waals surface area (Å²) in [6.45, 7) is 11.1. The van der Waals surface area contributed by atoms with Crippen LogP contribution in [0.2, 0.25) is 0 Å². The van der Waals surface area contributed by atoms with Gasteiger partial charge in [-0.05, 0) is 82.8 Å². The van der Waals surface area contributed by atoms with Crippen molar-refractivity contribution in [3.63, 3.8) is 0 Å². The zero-order valence-electron chi connectivity index (χ0n) is 25.9. The maximum atomic E-state index is 14.6. The average molecular weight is 608 g/mol. The first-order chi connectivity index (χ1) is 20.9. The summed E-state index contributed by atoms with van der Waals surface area (Å²) in [7, 11) is 0. The van der Waals surface area contributed by atoms with E-state index in [9.17, 15) is 18.4 Å². The minimum absolute atomic E-state index is 0.0576. The van der Waals surface area contributed by atoms with E-state index in [1.165, 1.54) is 4.90 Å². The molecule has 5 fully saturated rings. The molecule has 1 aromatic carbocycles. The van der Waals surface area contributed by atoms with Crippen molar-refractivity contribution in [2.24, 2.45) is 28.9 Å². The van der Waals surface area contributed by atoms with E-state index in [1.807, 2.05) is 23.2 Å². The molecule has 6 aliphatic rings. The maximum absolute atomic E-state index is 14.6. The first-order valence-electron chi connectivity index (χ1n) is 16.0. The van der Waals surface area contributed by atoms with Gasteiger partial charge in [0, 0.05) is 68.4 Å². The van der Waals surface area contributed by atoms with E-state index in [0.717, 1.165) is 63.3 Å². The van der Waals surface area contributed by atoms with Crippen LogP contribution in [-0.2, 0) is 4.79 Å². The van der Waals surface area contributed by atoms with Gasteiger partial charge in [-0.1, -0.05) is 0 Å². The van der Waals surface area contributed by atoms with Crippen molar-refractivity contribution in [2.75, 3.05) is 54.0 Å². The van der Waals surface area contributed by atoms with E-state index < -0.39 is 17.0 Å². The summed E-state index contributed by atoms with van der Waals surface area (Å²) in [5.74, 6) is -0.700. The van der Waals surface area contributed by atoms with Gasteiger partial charge in [0.1, 0.15) is 5.82 Å². The number of anilines is 4. The third kappa shape index (κ3) is 4.97. The van der Waals surface area contributed by atoms with Gasteiger partial charge < -0.3 is 20.9 Å². The zero-order valence-corrected chi connectivity index (χ0v) is 25.9. The molecular formula is C33H43F2N7O2. The van der Waals surface area contributed by atoms with Gasteiger partial charge in [-0.15, -0.1) is 0 Å². The number of nitrogens with one attached hydrogen (secondary N) is 1. The van der Waals surface area contributed by atoms with Crippen LogP contribution in [0.5, 0.6) is 0 Å². The molecule has 4 saturated carbocycles. The summed E-state index contributed by atoms with van der Waals surface area (Å²) in [6, 6.07) is 5.83. The Labute approximate surface area is 257 Å². The monoisotopic (exact) mass is 607 g/mol. The van der Waals surface area contributed by atoms with E-state index in [0.29, 0.717) is 42.5 Å². The van der Waals surface area contributed by atoms with Gasteiger partial charge in [0.25, 0.3) is 0 Å². The van der Waals surface area contributed by atoms with Gasteiger partial charge in [-0.3, -0.25) is 14.6 Å². The van der Waals surface area contributed by atoms with Crippen LogP contribution >= 0.6 is 0 Å². The number of nitrogens with two attached hydrogens (primary N) is 1. The van der Waals surface area contributed by atoms with E-state index >= 15 is 0 Å². The molecule has 236 valence electrons. The van der Waals surface area contributed by atoms with Crippen molar-refractivity contribution < 1.29 is 18.4 Å². The molecule has 0 spiro atoms. The number of halogens is 2. The summed E-state index contributed by atoms with van der Waals surface area (Å²) in [5, 5.41) is 3.25. The number of pyridine rings is 1. The molecule has 2 atom stereocenters. The number of aromatic nitrogens is 1. The highest BCUT2D eigenvalue weighted by Crippen LogP contribution is 2.60. The largest absolute Gasteiger partial charge is 0.369 e. The first-order valence-corrected chi connectivity index (χ1v) is 16.0. The number of hydrogen-bond acceptors (Lipinski definition) is 6. The highest BCUT2D eigenvalue weighted by Gasteiger charge is 2.58. The van der Waals surface area contributed by atoms with Crippen molar-refractivity contribution in [2.45, 2.75) is 64.5 Å². The van der Waals surface area contributed by atoms with Crippen LogP contribution in [0.15, 0.2) is 30.5 Å². The van der Waals surface area contributed by atoms with Crippen LogP contribution in [-0.4, -0.2) is 72.7 Å². The Bertz CT molecular complexity index is 1440. The molecule has 3 N–H and O–H groups in total. The van der Waals surface area contributed by atoms with Gasteiger partial charge in [0.2, 0.25) is 5.91 Å². The second kappa shape index (κ2) is 10.6. The van der Waals surface area contributed by atoms with Crippen LogP contribution < -0.4 is 25.8 Å². The van der Waals surface area contributed by atoms with Crippen LogP contribution in [0.3, 0.4) is 0 Å². The number of fused-ring (bicyclic) bond motifs is 1. The van der Waals surface area contributed by atoms with Crippen LogP contribution in [0.1, 0.15) is 52.9 Å². The molecule has 44 heavy (non-hydrogen) atoms. The van der Waals surface area contributed by atoms with E-state index in [2.05, 4.69) is 35.9 Å². The molecule has 4 aliphatic carbocycles. The molecule has 1 aromatic heterocycles. The number of piperazine rings is 1. The number of hydrogen-bond donors (Lipinski definition) is 2. The fourth-order valence-electron chi connectivity index (χ4n) is 8.99. The van der Waals surface area contributed by atoms with Gasteiger partial charge >= 0.3 is 6.03 Å². The first kappa shape index (κ1) is 29.3. The van der Waals surface area contributed by atoms with Crippen LogP contribution in [0.4, 0.5) is 36.5 Å². The molecule has 2 aliphatic heterocycles. The fraction of sp³-hybridized carbons (Fsp3) is 0.606. The van der Waals surface area contributed by atoms with E-state index in [-0.39, 0.29) is 41.9 Å². The van der Waals surface area contributed by atoms with E-state index in [1.54, 1.807) is 0 Å². The minimum atomic E-state index is -1.00. The summed E-state index contributed by atoms with van der Waals surface area (Å²) in [6.07, 6.45) is 6.07. The molecule has 9 nitrogen and oxygen atoms in total. The summed E-state index contributed by atoms with van der Waals surface area (Å²) in [4.78, 5) is 39.0. The van der Waals surface area contributed by atoms with Gasteiger partial charge in [-0.25, -0.2) is 18.6 Å². The Hall–Kier alpha value is -3.47. The smallest absolute Gasteiger partial charge is 0.322 e. The van der Waals surface area contributed by atoms with Gasteiger partial charge in [0.05, 0.1) is 23.3 Å². The number of benzene rings is 1. The predicted octanol–water partition coefficient (Wildman–Crippen LogP) is 4.63. The highest BCUT2D eigenvalue weighted by atomic mass is 19.2. The number of urea groups is 1. The molecule has 4 bridgehead atoms. The van der Waals surface area contributed by atoms with Crippen molar-refractivity contribution in [1.29, 1.82) is 0 Å². The lowest BCUT2D eigenvalue weighted by Gasteiger charge is -2.59. The Morgan fingerprint density at radius 1 is 0.932 bits per heavy atom. The molecule has 3 amide bonds. The van der Waals surface area contributed by atoms with Gasteiger partial charge in [-0.2, -0.15) is 0 Å². The quantitative estimate of drug-likeness (QED) is 0.526. The summed E-state index contributed by atoms with van der Waals surface area (Å²) in [5.41, 5.74) is 7.29. The molecule has 0 radical (unpaired) electrons. The lowest BCUT2D eigenvalue weighted by atomic mass is 9.47. The molecule has 11 heteroatoms. The normalized spacial score (nSPS) is 30.0. The van der Waals surface area contributed by atoms with Crippen molar-refractivity contribution in [3.8, 4) is 0 Å². The van der Waals surface area contributed by atoms with Crippen LogP contribution in [0, 0.1) is 34.8 Å². The third-order valence-corrected chi connectivity index (χ3v) is 11.1. The molecule has 8 rings (SSSR count). The lowest BCUT2D eigenvalue weighted by molar-refractivity contribution is -0.145. The molecule has 3 heterocycles. The number of amides is 3. The molecule has 2 unspecified atom stereocenters. The zero-order chi connectivity index (χ0) is 31.0. The van der Waals surface area contributed by atoms with Gasteiger partial charge in [0.15, 0.2) is 11.6 Å². The van der Waals surface area contributed by atoms with Crippen LogP contribution in [0.25, 0.3) is 0 Å². The second-order valence-corrected chi connectivity index (χ2v) is 14.7. The maximum Gasteiger partial charge on any atom is 0.322 e. The number of carbonyl (C=O) groups excluding carboxylic acids is 2. The molecular weight excluding hydrogens is 564 g/mol. The van der Waals surface area contributed by atoms with Crippen molar-refractivity contribution in [1.82, 2.24) is 15.2 Å². The Morgan fingerprint density at radius 2 is 1.59 bits per heavy atom. The van der Waals surface area contributed by atoms with Crippen molar-refractivity contribution >= 4 is 34.8 Å². The van der Waals surface area contributed by atoms with Crippen molar-refractivity contribution in [3.05, 3.63) is 42.1 Å². The van der Waals surface area contributed by atoms with E-state index in [4.69, 9.17) is 10.7 Å². The number of primary amides is 1. The minimum Gasteiger partial charge on any atom is -0.369 e. The topological polar surface area (TPSA) is 98.0 Å². The Kier molecular flexibility index (Phi) is 7.02. The average Bonchev–Trinajstić information content (AvgIpc) is 2.98. The predicted molar refractivity (Wildman–Crippen MR) is 166 cm³/mol. The SMILES string of the molecule is CC(C)(C)N1CCN(c2ccc(N3CCN(C(=O)NC4C5CC6CC4CC(C(N)=O)(C6)C5)c4cc(F)c(F)cc43)nc2)CC1. The summed E-state index contributed by atoms with van der Waals surface area (Å²) >= 11 is 0. The molecule has 1 saturated heterocycles.